The van der Waals surface area contributed by atoms with E-state index in [1.54, 1.807) is 17.0 Å². The summed E-state index contributed by atoms with van der Waals surface area (Å²) >= 11 is 0. The molecule has 0 aliphatic heterocycles. The van der Waals surface area contributed by atoms with E-state index in [1.807, 2.05) is 6.92 Å². The van der Waals surface area contributed by atoms with Crippen molar-refractivity contribution in [1.29, 1.82) is 0 Å². The number of nitrogens with zero attached hydrogens (tertiary/aromatic N) is 1. The molecule has 0 aliphatic carbocycles. The molecule has 0 heterocycles. The summed E-state index contributed by atoms with van der Waals surface area (Å²) in [5, 5.41) is 2.23. The number of rotatable bonds is 7. The van der Waals surface area contributed by atoms with Gasteiger partial charge in [-0.05, 0) is 42.8 Å². The monoisotopic (exact) mass is 354 g/mol. The van der Waals surface area contributed by atoms with Crippen molar-refractivity contribution >= 4 is 11.6 Å². The van der Waals surface area contributed by atoms with Crippen LogP contribution in [0.1, 0.15) is 18.9 Å². The van der Waals surface area contributed by atoms with Gasteiger partial charge in [-0.3, -0.25) is 9.69 Å². The minimum atomic E-state index is -1.64. The van der Waals surface area contributed by atoms with Crippen LogP contribution in [-0.2, 0) is 11.3 Å². The fourth-order valence-corrected chi connectivity index (χ4v) is 2.44. The van der Waals surface area contributed by atoms with Gasteiger partial charge in [0.05, 0.1) is 12.2 Å². The van der Waals surface area contributed by atoms with E-state index in [-0.39, 0.29) is 12.4 Å². The molecule has 0 saturated heterocycles. The van der Waals surface area contributed by atoms with Crippen LogP contribution in [0.2, 0.25) is 0 Å². The molecule has 3 nitrogen and oxygen atoms in total. The molecule has 2 aromatic carbocycles. The van der Waals surface area contributed by atoms with E-state index in [4.69, 9.17) is 0 Å². The number of carbonyl (C=O) groups excluding carboxylic acids is 1. The van der Waals surface area contributed by atoms with Gasteiger partial charge in [0, 0.05) is 6.54 Å². The first kappa shape index (κ1) is 18.9. The zero-order valence-corrected chi connectivity index (χ0v) is 13.7. The number of carbonyl (C=O) groups is 1. The van der Waals surface area contributed by atoms with Crippen molar-refractivity contribution in [2.45, 2.75) is 19.9 Å². The maximum Gasteiger partial charge on any atom is 0.238 e. The maximum absolute atomic E-state index is 13.6. The quantitative estimate of drug-likeness (QED) is 0.600. The molecule has 2 rings (SSSR count). The Balaban J connectivity index is 2.04. The molecule has 0 unspecified atom stereocenters. The fraction of sp³-hybridized carbons (Fsp3) is 0.278. The Kier molecular flexibility index (Phi) is 6.52. The standard InChI is InChI=1S/C18H18F4N2O/c1-2-8-24(10-12-4-3-5-13(19)9-12)11-16(25)23-15-7-6-14(20)17(21)18(15)22/h3-7,9H,2,8,10-11H2,1H3,(H,23,25). The first-order valence-electron chi connectivity index (χ1n) is 7.81. The third-order valence-electron chi connectivity index (χ3n) is 3.51. The van der Waals surface area contributed by atoms with Crippen molar-refractivity contribution in [3.8, 4) is 0 Å². The lowest BCUT2D eigenvalue weighted by Crippen LogP contribution is -2.33. The number of amides is 1. The van der Waals surface area contributed by atoms with E-state index in [9.17, 15) is 22.4 Å². The van der Waals surface area contributed by atoms with E-state index in [0.717, 1.165) is 18.6 Å². The molecule has 0 radical (unpaired) electrons. The molecule has 0 bridgehead atoms. The van der Waals surface area contributed by atoms with Crippen molar-refractivity contribution in [3.05, 3.63) is 65.2 Å². The first-order chi connectivity index (χ1) is 11.9. The molecule has 7 heteroatoms. The van der Waals surface area contributed by atoms with Gasteiger partial charge in [0.25, 0.3) is 0 Å². The molecule has 1 N–H and O–H groups in total. The van der Waals surface area contributed by atoms with Crippen molar-refractivity contribution < 1.29 is 22.4 Å². The molecule has 2 aromatic rings. The third kappa shape index (κ3) is 5.29. The van der Waals surface area contributed by atoms with Crippen molar-refractivity contribution in [3.63, 3.8) is 0 Å². The van der Waals surface area contributed by atoms with Gasteiger partial charge < -0.3 is 5.32 Å². The number of hydrogen-bond acceptors (Lipinski definition) is 2. The predicted molar refractivity (Wildman–Crippen MR) is 86.9 cm³/mol. The van der Waals surface area contributed by atoms with Crippen LogP contribution in [0.25, 0.3) is 0 Å². The smallest absolute Gasteiger partial charge is 0.238 e. The fourth-order valence-electron chi connectivity index (χ4n) is 2.44. The summed E-state index contributed by atoms with van der Waals surface area (Å²) < 4.78 is 53.0. The Hall–Kier alpha value is -2.41. The van der Waals surface area contributed by atoms with Crippen molar-refractivity contribution in [2.24, 2.45) is 0 Å². The van der Waals surface area contributed by atoms with Gasteiger partial charge in [-0.15, -0.1) is 0 Å². The van der Waals surface area contributed by atoms with Crippen LogP contribution in [0.5, 0.6) is 0 Å². The normalized spacial score (nSPS) is 11.0. The molecule has 0 fully saturated rings. The zero-order chi connectivity index (χ0) is 18.4. The molecule has 0 aliphatic rings. The molecule has 0 aromatic heterocycles. The highest BCUT2D eigenvalue weighted by Crippen LogP contribution is 2.19. The van der Waals surface area contributed by atoms with Crippen LogP contribution in [0.4, 0.5) is 23.2 Å². The highest BCUT2D eigenvalue weighted by Gasteiger charge is 2.17. The van der Waals surface area contributed by atoms with Gasteiger partial charge in [-0.25, -0.2) is 17.6 Å². The van der Waals surface area contributed by atoms with Gasteiger partial charge in [0.2, 0.25) is 5.91 Å². The van der Waals surface area contributed by atoms with E-state index < -0.39 is 29.0 Å². The van der Waals surface area contributed by atoms with E-state index in [2.05, 4.69) is 5.32 Å². The van der Waals surface area contributed by atoms with E-state index in [1.165, 1.54) is 12.1 Å². The Bertz CT molecular complexity index is 752. The van der Waals surface area contributed by atoms with Crippen molar-refractivity contribution in [2.75, 3.05) is 18.4 Å². The topological polar surface area (TPSA) is 32.3 Å². The molecule has 25 heavy (non-hydrogen) atoms. The number of anilines is 1. The van der Waals surface area contributed by atoms with E-state index >= 15 is 0 Å². The summed E-state index contributed by atoms with van der Waals surface area (Å²) in [7, 11) is 0. The zero-order valence-electron chi connectivity index (χ0n) is 13.7. The van der Waals surface area contributed by atoms with Crippen LogP contribution >= 0.6 is 0 Å². The van der Waals surface area contributed by atoms with Crippen LogP contribution in [0.3, 0.4) is 0 Å². The Morgan fingerprint density at radius 3 is 2.52 bits per heavy atom. The second kappa shape index (κ2) is 8.62. The Morgan fingerprint density at radius 1 is 1.08 bits per heavy atom. The Morgan fingerprint density at radius 2 is 1.84 bits per heavy atom. The molecule has 134 valence electrons. The van der Waals surface area contributed by atoms with Gasteiger partial charge in [0.1, 0.15) is 5.82 Å². The largest absolute Gasteiger partial charge is 0.322 e. The highest BCUT2D eigenvalue weighted by atomic mass is 19.2. The summed E-state index contributed by atoms with van der Waals surface area (Å²) in [5.41, 5.74) is 0.270. The lowest BCUT2D eigenvalue weighted by atomic mass is 10.2. The van der Waals surface area contributed by atoms with Crippen LogP contribution in [0, 0.1) is 23.3 Å². The lowest BCUT2D eigenvalue weighted by Gasteiger charge is -2.21. The minimum absolute atomic E-state index is 0.0945. The molecular formula is C18H18F4N2O. The van der Waals surface area contributed by atoms with Gasteiger partial charge in [-0.1, -0.05) is 19.1 Å². The van der Waals surface area contributed by atoms with Gasteiger partial charge in [-0.2, -0.15) is 0 Å². The number of halogens is 4. The summed E-state index contributed by atoms with van der Waals surface area (Å²) in [6.07, 6.45) is 0.752. The third-order valence-corrected chi connectivity index (χ3v) is 3.51. The lowest BCUT2D eigenvalue weighted by molar-refractivity contribution is -0.117. The molecule has 1 amide bonds. The molecule has 0 spiro atoms. The number of hydrogen-bond donors (Lipinski definition) is 1. The number of nitrogens with one attached hydrogen (secondary N) is 1. The van der Waals surface area contributed by atoms with Crippen LogP contribution < -0.4 is 5.32 Å². The van der Waals surface area contributed by atoms with E-state index in [0.29, 0.717) is 18.7 Å². The second-order valence-corrected chi connectivity index (χ2v) is 5.61. The number of benzene rings is 2. The first-order valence-corrected chi connectivity index (χ1v) is 7.81. The second-order valence-electron chi connectivity index (χ2n) is 5.61. The van der Waals surface area contributed by atoms with Crippen LogP contribution in [-0.4, -0.2) is 23.9 Å². The van der Waals surface area contributed by atoms with Crippen molar-refractivity contribution in [1.82, 2.24) is 4.90 Å². The predicted octanol–water partition coefficient (Wildman–Crippen LogP) is 4.09. The molecular weight excluding hydrogens is 336 g/mol. The van der Waals surface area contributed by atoms with Gasteiger partial charge >= 0.3 is 0 Å². The minimum Gasteiger partial charge on any atom is -0.322 e. The van der Waals surface area contributed by atoms with Gasteiger partial charge in [0.15, 0.2) is 17.5 Å². The summed E-state index contributed by atoms with van der Waals surface area (Å²) in [4.78, 5) is 13.8. The summed E-state index contributed by atoms with van der Waals surface area (Å²) in [6.45, 7) is 2.72. The Labute approximate surface area is 143 Å². The summed E-state index contributed by atoms with van der Waals surface area (Å²) in [6, 6.07) is 7.71. The van der Waals surface area contributed by atoms with Crippen LogP contribution in [0.15, 0.2) is 36.4 Å². The average molecular weight is 354 g/mol. The average Bonchev–Trinajstić information content (AvgIpc) is 2.56. The summed E-state index contributed by atoms with van der Waals surface area (Å²) in [5.74, 6) is -5.35. The molecule has 0 saturated carbocycles. The SMILES string of the molecule is CCCN(CC(=O)Nc1ccc(F)c(F)c1F)Cc1cccc(F)c1. The maximum atomic E-state index is 13.6. The highest BCUT2D eigenvalue weighted by molar-refractivity contribution is 5.92. The molecule has 0 atom stereocenters.